The molecule has 2 N–H and O–H groups in total. The van der Waals surface area contributed by atoms with Crippen molar-refractivity contribution in [3.8, 4) is 0 Å². The molecule has 2 fully saturated rings. The Morgan fingerprint density at radius 3 is 2.34 bits per heavy atom. The molecule has 0 spiro atoms. The van der Waals surface area contributed by atoms with Gasteiger partial charge in [0.05, 0.1) is 30.1 Å². The van der Waals surface area contributed by atoms with Crippen LogP contribution in [-0.4, -0.2) is 43.0 Å². The van der Waals surface area contributed by atoms with E-state index in [0.29, 0.717) is 49.5 Å². The minimum Gasteiger partial charge on any atom is -0.467 e. The number of piperidine rings is 1. The van der Waals surface area contributed by atoms with E-state index >= 15 is 0 Å². The predicted molar refractivity (Wildman–Crippen MR) is 127 cm³/mol. The molecule has 2 atom stereocenters. The van der Waals surface area contributed by atoms with Crippen LogP contribution in [0, 0.1) is 5.92 Å². The fourth-order valence-corrected chi connectivity index (χ4v) is 5.40. The lowest BCUT2D eigenvalue weighted by molar-refractivity contribution is -0.154. The SMILES string of the molecule is COC(=O)[C@@H]1CC[C@H](c2ccccc2Cl)N1C(=O)C1CCN(c2ccc(C(F)(F)F)cc2N)CC1. The summed E-state index contributed by atoms with van der Waals surface area (Å²) < 4.78 is 43.9. The van der Waals surface area contributed by atoms with E-state index in [2.05, 4.69) is 0 Å². The quantitative estimate of drug-likeness (QED) is 0.460. The lowest BCUT2D eigenvalue weighted by atomic mass is 9.93. The number of halogens is 4. The number of esters is 1. The highest BCUT2D eigenvalue weighted by Crippen LogP contribution is 2.42. The molecule has 0 bridgehead atoms. The van der Waals surface area contributed by atoms with Gasteiger partial charge in [0.2, 0.25) is 5.91 Å². The van der Waals surface area contributed by atoms with Crippen LogP contribution in [0.25, 0.3) is 0 Å². The molecule has 4 rings (SSSR count). The summed E-state index contributed by atoms with van der Waals surface area (Å²) in [7, 11) is 1.31. The Morgan fingerprint density at radius 2 is 1.74 bits per heavy atom. The van der Waals surface area contributed by atoms with Crippen LogP contribution in [0.5, 0.6) is 0 Å². The maximum atomic E-state index is 13.7. The fourth-order valence-electron chi connectivity index (χ4n) is 5.13. The van der Waals surface area contributed by atoms with Crippen LogP contribution in [0.4, 0.5) is 24.5 Å². The molecule has 1 amide bonds. The van der Waals surface area contributed by atoms with E-state index in [1.165, 1.54) is 13.2 Å². The van der Waals surface area contributed by atoms with Gasteiger partial charge in [-0.25, -0.2) is 4.79 Å². The van der Waals surface area contributed by atoms with Crippen LogP contribution in [0.2, 0.25) is 5.02 Å². The molecular formula is C25H27ClF3N3O3. The van der Waals surface area contributed by atoms with Crippen molar-refractivity contribution in [3.05, 3.63) is 58.6 Å². The number of nitrogens with zero attached hydrogens (tertiary/aromatic N) is 2. The van der Waals surface area contributed by atoms with E-state index in [4.69, 9.17) is 22.1 Å². The number of carbonyl (C=O) groups is 2. The first-order valence-electron chi connectivity index (χ1n) is 11.5. The van der Waals surface area contributed by atoms with Gasteiger partial charge in [0.1, 0.15) is 6.04 Å². The van der Waals surface area contributed by atoms with Crippen molar-refractivity contribution in [2.24, 2.45) is 5.92 Å². The number of hydrogen-bond acceptors (Lipinski definition) is 5. The molecule has 35 heavy (non-hydrogen) atoms. The third-order valence-electron chi connectivity index (χ3n) is 6.92. The Bertz CT molecular complexity index is 1100. The topological polar surface area (TPSA) is 75.9 Å². The first-order valence-corrected chi connectivity index (χ1v) is 11.9. The Labute approximate surface area is 206 Å². The Balaban J connectivity index is 1.51. The maximum absolute atomic E-state index is 13.7. The fraction of sp³-hybridized carbons (Fsp3) is 0.440. The number of ether oxygens (including phenoxy) is 1. The van der Waals surface area contributed by atoms with E-state index in [0.717, 1.165) is 17.7 Å². The molecule has 0 saturated carbocycles. The molecule has 0 aromatic heterocycles. The first kappa shape index (κ1) is 25.2. The van der Waals surface area contributed by atoms with Gasteiger partial charge in [0.25, 0.3) is 0 Å². The first-order chi connectivity index (χ1) is 16.6. The van der Waals surface area contributed by atoms with Gasteiger partial charge in [0.15, 0.2) is 0 Å². The molecule has 0 unspecified atom stereocenters. The van der Waals surface area contributed by atoms with Crippen molar-refractivity contribution in [1.82, 2.24) is 4.90 Å². The van der Waals surface area contributed by atoms with E-state index < -0.39 is 23.8 Å². The summed E-state index contributed by atoms with van der Waals surface area (Å²) >= 11 is 6.42. The summed E-state index contributed by atoms with van der Waals surface area (Å²) in [6.45, 7) is 0.916. The number of alkyl halides is 3. The van der Waals surface area contributed by atoms with E-state index in [-0.39, 0.29) is 23.6 Å². The zero-order valence-electron chi connectivity index (χ0n) is 19.2. The number of rotatable bonds is 4. The van der Waals surface area contributed by atoms with Gasteiger partial charge in [-0.1, -0.05) is 29.8 Å². The van der Waals surface area contributed by atoms with Crippen molar-refractivity contribution in [2.75, 3.05) is 30.8 Å². The molecule has 188 valence electrons. The number of anilines is 2. The number of likely N-dealkylation sites (tertiary alicyclic amines) is 1. The zero-order valence-corrected chi connectivity index (χ0v) is 20.0. The molecule has 6 nitrogen and oxygen atoms in total. The third-order valence-corrected chi connectivity index (χ3v) is 7.26. The van der Waals surface area contributed by atoms with E-state index in [9.17, 15) is 22.8 Å². The molecule has 2 heterocycles. The number of nitrogen functional groups attached to an aromatic ring is 1. The van der Waals surface area contributed by atoms with Crippen LogP contribution in [0.15, 0.2) is 42.5 Å². The predicted octanol–water partition coefficient (Wildman–Crippen LogP) is 5.06. The van der Waals surface area contributed by atoms with Crippen LogP contribution in [-0.2, 0) is 20.5 Å². The third kappa shape index (κ3) is 5.05. The second-order valence-electron chi connectivity index (χ2n) is 8.93. The van der Waals surface area contributed by atoms with Crippen LogP contribution < -0.4 is 10.6 Å². The average Bonchev–Trinajstić information content (AvgIpc) is 3.28. The van der Waals surface area contributed by atoms with Gasteiger partial charge in [-0.3, -0.25) is 4.79 Å². The number of hydrogen-bond donors (Lipinski definition) is 1. The number of carbonyl (C=O) groups excluding carboxylic acids is 2. The standard InChI is InChI=1S/C25H27ClF3N3O3/c1-35-24(34)22-9-8-20(17-4-2-3-5-18(17)26)32(22)23(33)15-10-12-31(13-11-15)21-7-6-16(14-19(21)30)25(27,28)29/h2-7,14-15,20,22H,8-13,30H2,1H3/t20-,22+/m1/s1. The van der Waals surface area contributed by atoms with Crippen molar-refractivity contribution >= 4 is 34.9 Å². The summed E-state index contributed by atoms with van der Waals surface area (Å²) in [6.07, 6.45) is -2.42. The lowest BCUT2D eigenvalue weighted by Crippen LogP contribution is -2.48. The molecule has 2 aromatic carbocycles. The van der Waals surface area contributed by atoms with E-state index in [1.54, 1.807) is 11.0 Å². The second-order valence-corrected chi connectivity index (χ2v) is 9.34. The molecule has 10 heteroatoms. The highest BCUT2D eigenvalue weighted by Gasteiger charge is 2.45. The second kappa shape index (κ2) is 9.97. The van der Waals surface area contributed by atoms with Gasteiger partial charge < -0.3 is 20.3 Å². The summed E-state index contributed by atoms with van der Waals surface area (Å²) in [5.41, 5.74) is 6.50. The summed E-state index contributed by atoms with van der Waals surface area (Å²) in [5, 5.41) is 0.536. The maximum Gasteiger partial charge on any atom is 0.416 e. The summed E-state index contributed by atoms with van der Waals surface area (Å²) in [6, 6.07) is 9.60. The molecule has 2 aliphatic rings. The number of amides is 1. The largest absolute Gasteiger partial charge is 0.467 e. The molecule has 2 saturated heterocycles. The zero-order chi connectivity index (χ0) is 25.3. The smallest absolute Gasteiger partial charge is 0.416 e. The minimum atomic E-state index is -4.46. The lowest BCUT2D eigenvalue weighted by Gasteiger charge is -2.38. The van der Waals surface area contributed by atoms with Gasteiger partial charge in [-0.2, -0.15) is 13.2 Å². The molecule has 0 aliphatic carbocycles. The minimum absolute atomic E-state index is 0.0497. The van der Waals surface area contributed by atoms with Gasteiger partial charge in [-0.15, -0.1) is 0 Å². The monoisotopic (exact) mass is 509 g/mol. The Morgan fingerprint density at radius 1 is 1.06 bits per heavy atom. The molecule has 2 aromatic rings. The van der Waals surface area contributed by atoms with Crippen LogP contribution in [0.3, 0.4) is 0 Å². The normalized spacial score (nSPS) is 21.3. The van der Waals surface area contributed by atoms with Gasteiger partial charge in [-0.05, 0) is 55.5 Å². The summed E-state index contributed by atoms with van der Waals surface area (Å²) in [5.74, 6) is -0.928. The molecular weight excluding hydrogens is 483 g/mol. The van der Waals surface area contributed by atoms with Crippen molar-refractivity contribution in [2.45, 2.75) is 43.9 Å². The Kier molecular flexibility index (Phi) is 7.17. The molecule has 0 radical (unpaired) electrons. The average molecular weight is 510 g/mol. The van der Waals surface area contributed by atoms with Crippen LogP contribution in [0.1, 0.15) is 42.9 Å². The summed E-state index contributed by atoms with van der Waals surface area (Å²) in [4.78, 5) is 29.7. The van der Waals surface area contributed by atoms with Crippen LogP contribution >= 0.6 is 11.6 Å². The van der Waals surface area contributed by atoms with Crippen molar-refractivity contribution in [1.29, 1.82) is 0 Å². The van der Waals surface area contributed by atoms with Crippen molar-refractivity contribution < 1.29 is 27.5 Å². The van der Waals surface area contributed by atoms with Crippen molar-refractivity contribution in [3.63, 3.8) is 0 Å². The Hall–Kier alpha value is -2.94. The van der Waals surface area contributed by atoms with E-state index in [1.807, 2.05) is 23.1 Å². The number of nitrogens with two attached hydrogens (primary N) is 1. The number of methoxy groups -OCH3 is 1. The van der Waals surface area contributed by atoms with Gasteiger partial charge in [0, 0.05) is 24.0 Å². The highest BCUT2D eigenvalue weighted by molar-refractivity contribution is 6.31. The number of benzene rings is 2. The van der Waals surface area contributed by atoms with Gasteiger partial charge >= 0.3 is 12.1 Å². The molecule has 2 aliphatic heterocycles. The highest BCUT2D eigenvalue weighted by atomic mass is 35.5.